The van der Waals surface area contributed by atoms with Crippen LogP contribution in [-0.4, -0.2) is 144 Å². The van der Waals surface area contributed by atoms with Crippen LogP contribution < -0.4 is 0 Å². The molecular formula is C48H108N6. The summed E-state index contributed by atoms with van der Waals surface area (Å²) >= 11 is 0. The molecule has 0 unspecified atom stereocenters. The highest BCUT2D eigenvalue weighted by Crippen LogP contribution is 2.33. The highest BCUT2D eigenvalue weighted by molar-refractivity contribution is 4.82. The summed E-state index contributed by atoms with van der Waals surface area (Å²) in [4.78, 5) is 15.1. The van der Waals surface area contributed by atoms with E-state index in [2.05, 4.69) is 147 Å². The first kappa shape index (κ1) is 58.1. The number of hydrogen-bond donors (Lipinski definition) is 0. The van der Waals surface area contributed by atoms with Crippen molar-refractivity contribution in [3.8, 4) is 0 Å². The van der Waals surface area contributed by atoms with Crippen LogP contribution in [0.25, 0.3) is 0 Å². The molecular weight excluding hydrogens is 661 g/mol. The van der Waals surface area contributed by atoms with Crippen LogP contribution >= 0.6 is 0 Å². The second kappa shape index (κ2) is 26.7. The SMILES string of the molecule is C.C.C.CC(C)(C)N1CCCC1.CC(C)(C)N1CCCCC1.CC(C)(C)N1CCCCC1.CN1CCC(C(C)(C)C)CC1.CN1CCN(C(C)(C)C)CC1. The molecule has 0 aromatic carbocycles. The molecule has 54 heavy (non-hydrogen) atoms. The molecule has 0 saturated carbocycles. The zero-order valence-corrected chi connectivity index (χ0v) is 38.3. The predicted molar refractivity (Wildman–Crippen MR) is 250 cm³/mol. The summed E-state index contributed by atoms with van der Waals surface area (Å²) in [7, 11) is 4.42. The molecule has 0 bridgehead atoms. The van der Waals surface area contributed by atoms with Crippen LogP contribution in [0, 0.1) is 11.3 Å². The van der Waals surface area contributed by atoms with E-state index in [-0.39, 0.29) is 22.3 Å². The number of likely N-dealkylation sites (N-methyl/N-ethyl adjacent to an activating group) is 1. The third-order valence-electron chi connectivity index (χ3n) is 12.1. The Kier molecular flexibility index (Phi) is 28.7. The van der Waals surface area contributed by atoms with E-state index in [9.17, 15) is 0 Å². The molecule has 0 aromatic heterocycles. The molecule has 0 N–H and O–H groups in total. The molecule has 5 fully saturated rings. The van der Waals surface area contributed by atoms with Crippen molar-refractivity contribution >= 4 is 0 Å². The lowest BCUT2D eigenvalue weighted by atomic mass is 9.75. The summed E-state index contributed by atoms with van der Waals surface area (Å²) in [5.74, 6) is 0.943. The molecule has 6 heteroatoms. The van der Waals surface area contributed by atoms with Gasteiger partial charge in [-0.1, -0.05) is 55.9 Å². The molecule has 330 valence electrons. The van der Waals surface area contributed by atoms with E-state index in [1.54, 1.807) is 0 Å². The van der Waals surface area contributed by atoms with E-state index in [4.69, 9.17) is 0 Å². The third kappa shape index (κ3) is 25.2. The van der Waals surface area contributed by atoms with Gasteiger partial charge in [-0.25, -0.2) is 0 Å². The fourth-order valence-corrected chi connectivity index (χ4v) is 7.87. The van der Waals surface area contributed by atoms with E-state index in [0.29, 0.717) is 27.6 Å². The van der Waals surface area contributed by atoms with Crippen LogP contribution in [-0.2, 0) is 0 Å². The maximum absolute atomic E-state index is 2.58. The van der Waals surface area contributed by atoms with Gasteiger partial charge < -0.3 is 9.80 Å². The lowest BCUT2D eigenvalue weighted by Gasteiger charge is -2.41. The largest absolute Gasteiger partial charge is 0.306 e. The minimum Gasteiger partial charge on any atom is -0.306 e. The van der Waals surface area contributed by atoms with Crippen molar-refractivity contribution in [3.63, 3.8) is 0 Å². The average molecular weight is 769 g/mol. The monoisotopic (exact) mass is 769 g/mol. The Bertz CT molecular complexity index is 789. The molecule has 0 amide bonds. The molecule has 0 aromatic rings. The van der Waals surface area contributed by atoms with Crippen molar-refractivity contribution in [2.24, 2.45) is 11.3 Å². The summed E-state index contributed by atoms with van der Waals surface area (Å²) in [5, 5.41) is 0. The van der Waals surface area contributed by atoms with E-state index in [0.717, 1.165) is 5.92 Å². The Morgan fingerprint density at radius 3 is 0.741 bits per heavy atom. The number of rotatable bonds is 0. The summed E-state index contributed by atoms with van der Waals surface area (Å²) in [6.45, 7) is 50.0. The molecule has 5 saturated heterocycles. The van der Waals surface area contributed by atoms with E-state index in [1.165, 1.54) is 143 Å². The Hall–Kier alpha value is -0.240. The van der Waals surface area contributed by atoms with E-state index in [1.807, 2.05) is 0 Å². The van der Waals surface area contributed by atoms with Gasteiger partial charge in [0, 0.05) is 48.3 Å². The van der Waals surface area contributed by atoms with Gasteiger partial charge in [0.2, 0.25) is 0 Å². The highest BCUT2D eigenvalue weighted by atomic mass is 15.3. The van der Waals surface area contributed by atoms with Crippen molar-refractivity contribution in [2.45, 2.75) is 212 Å². The first-order chi connectivity index (χ1) is 23.3. The van der Waals surface area contributed by atoms with Crippen molar-refractivity contribution in [1.29, 1.82) is 0 Å². The summed E-state index contributed by atoms with van der Waals surface area (Å²) < 4.78 is 0. The standard InChI is InChI=1S/C10H21N.C9H20N2.2C9H19N.C8H17N.3CH4/c1-10(2,3)9-5-7-11(4)8-6-9;1-9(2,3)11-7-5-10(4)6-8-11;2*1-9(2,3)10-7-5-4-6-8-10;1-8(2,3)9-6-4-5-7-9;;;/h9H,5-8H2,1-4H3;5-8H2,1-4H3;2*4-8H2,1-3H3;4-7H2,1-3H3;3*1H4. The zero-order chi connectivity index (χ0) is 39.1. The Morgan fingerprint density at radius 2 is 0.519 bits per heavy atom. The van der Waals surface area contributed by atoms with Crippen molar-refractivity contribution < 1.29 is 0 Å². The molecule has 0 radical (unpaired) electrons. The van der Waals surface area contributed by atoms with Crippen LogP contribution in [0.5, 0.6) is 0 Å². The molecule has 6 nitrogen and oxygen atoms in total. The van der Waals surface area contributed by atoms with E-state index >= 15 is 0 Å². The normalized spacial score (nSPS) is 22.2. The zero-order valence-electron chi connectivity index (χ0n) is 38.3. The molecule has 5 aliphatic heterocycles. The van der Waals surface area contributed by atoms with Crippen molar-refractivity contribution in [2.75, 3.05) is 92.6 Å². The number of nitrogens with zero attached hydrogens (tertiary/aromatic N) is 6. The average Bonchev–Trinajstić information content (AvgIpc) is 3.59. The van der Waals surface area contributed by atoms with Crippen LogP contribution in [0.3, 0.4) is 0 Å². The number of hydrogen-bond acceptors (Lipinski definition) is 6. The topological polar surface area (TPSA) is 19.4 Å². The fourth-order valence-electron chi connectivity index (χ4n) is 7.87. The predicted octanol–water partition coefficient (Wildman–Crippen LogP) is 11.7. The van der Waals surface area contributed by atoms with Crippen LogP contribution in [0.15, 0.2) is 0 Å². The molecule has 5 heterocycles. The maximum Gasteiger partial charge on any atom is 0.0126 e. The molecule has 0 atom stereocenters. The molecule has 0 spiro atoms. The first-order valence-corrected chi connectivity index (χ1v) is 21.7. The number of piperazine rings is 1. The quantitative estimate of drug-likeness (QED) is 0.243. The lowest BCUT2D eigenvalue weighted by Crippen LogP contribution is -2.52. The van der Waals surface area contributed by atoms with Gasteiger partial charge in [0.15, 0.2) is 0 Å². The summed E-state index contributed by atoms with van der Waals surface area (Å²) in [6.07, 6.45) is 14.1. The molecule has 5 aliphatic rings. The molecule has 5 rings (SSSR count). The minimum atomic E-state index is 0. The van der Waals surface area contributed by atoms with Crippen LogP contribution in [0.1, 0.15) is 190 Å². The smallest absolute Gasteiger partial charge is 0.0126 e. The third-order valence-corrected chi connectivity index (χ3v) is 12.1. The molecule has 0 aliphatic carbocycles. The van der Waals surface area contributed by atoms with Gasteiger partial charge in [0.05, 0.1) is 0 Å². The van der Waals surface area contributed by atoms with Gasteiger partial charge in [0.1, 0.15) is 0 Å². The van der Waals surface area contributed by atoms with Gasteiger partial charge in [-0.2, -0.15) is 0 Å². The van der Waals surface area contributed by atoms with Gasteiger partial charge in [0.25, 0.3) is 0 Å². The summed E-state index contributed by atoms with van der Waals surface area (Å²) in [6, 6.07) is 0. The fraction of sp³-hybridized carbons (Fsp3) is 1.00. The van der Waals surface area contributed by atoms with Crippen molar-refractivity contribution in [3.05, 3.63) is 0 Å². The van der Waals surface area contributed by atoms with E-state index < -0.39 is 0 Å². The van der Waals surface area contributed by atoms with Gasteiger partial charge in [-0.15, -0.1) is 0 Å². The Labute approximate surface area is 344 Å². The minimum absolute atomic E-state index is 0. The first-order valence-electron chi connectivity index (χ1n) is 21.7. The second-order valence-corrected chi connectivity index (χ2v) is 21.7. The maximum atomic E-state index is 2.58. The van der Waals surface area contributed by atoms with Gasteiger partial charge in [-0.05, 0) is 212 Å². The number of piperidine rings is 3. The van der Waals surface area contributed by atoms with Gasteiger partial charge >= 0.3 is 0 Å². The Morgan fingerprint density at radius 1 is 0.296 bits per heavy atom. The van der Waals surface area contributed by atoms with Crippen LogP contribution in [0.2, 0.25) is 0 Å². The highest BCUT2D eigenvalue weighted by Gasteiger charge is 2.28. The Balaban J connectivity index is -0.000000595. The summed E-state index contributed by atoms with van der Waals surface area (Å²) in [5.41, 5.74) is 2.11. The van der Waals surface area contributed by atoms with Crippen LogP contribution in [0.4, 0.5) is 0 Å². The number of likely N-dealkylation sites (tertiary alicyclic amines) is 4. The van der Waals surface area contributed by atoms with Gasteiger partial charge in [-0.3, -0.25) is 19.6 Å². The lowest BCUT2D eigenvalue weighted by molar-refractivity contribution is 0.0735. The second-order valence-electron chi connectivity index (χ2n) is 21.7. The van der Waals surface area contributed by atoms with Crippen molar-refractivity contribution in [1.82, 2.24) is 29.4 Å².